The Hall–Kier alpha value is -2.06. The monoisotopic (exact) mass is 876 g/mol. The molecule has 0 aromatic heterocycles. The first-order valence-corrected chi connectivity index (χ1v) is 26.3. The molecule has 61 heavy (non-hydrogen) atoms. The molecule has 3 atom stereocenters. The van der Waals surface area contributed by atoms with Gasteiger partial charge in [-0.3, -0.25) is 13.8 Å². The van der Waals surface area contributed by atoms with E-state index in [4.69, 9.17) is 9.05 Å². The summed E-state index contributed by atoms with van der Waals surface area (Å²) >= 11 is 0. The summed E-state index contributed by atoms with van der Waals surface area (Å²) in [6, 6.07) is -0.805. The zero-order chi connectivity index (χ0) is 45.0. The van der Waals surface area contributed by atoms with Crippen LogP contribution in [0.3, 0.4) is 0 Å². The summed E-state index contributed by atoms with van der Waals surface area (Å²) in [6.07, 6.45) is 58.1. The van der Waals surface area contributed by atoms with Crippen LogP contribution in [-0.4, -0.2) is 73.4 Å². The number of amides is 1. The van der Waals surface area contributed by atoms with Crippen LogP contribution in [0.5, 0.6) is 0 Å². The van der Waals surface area contributed by atoms with Crippen molar-refractivity contribution >= 4 is 13.7 Å². The number of carbonyl (C=O) groups excluding carboxylic acids is 1. The molecule has 0 aliphatic carbocycles. The Bertz CT molecular complexity index is 1220. The minimum Gasteiger partial charge on any atom is -0.391 e. The minimum absolute atomic E-state index is 0.0578. The highest BCUT2D eigenvalue weighted by Gasteiger charge is 2.28. The zero-order valence-corrected chi connectivity index (χ0v) is 41.0. The van der Waals surface area contributed by atoms with Crippen LogP contribution in [0, 0.1) is 0 Å². The highest BCUT2D eigenvalue weighted by molar-refractivity contribution is 7.47. The number of unbranched alkanes of at least 4 members (excludes halogenated alkanes) is 19. The molecule has 0 heterocycles. The van der Waals surface area contributed by atoms with Crippen molar-refractivity contribution in [1.29, 1.82) is 0 Å². The van der Waals surface area contributed by atoms with Gasteiger partial charge in [0, 0.05) is 6.42 Å². The molecule has 0 aliphatic rings. The number of rotatable bonds is 44. The third-order valence-corrected chi connectivity index (χ3v) is 11.7. The Kier molecular flexibility index (Phi) is 41.7. The second-order valence-corrected chi connectivity index (χ2v) is 19.3. The summed E-state index contributed by atoms with van der Waals surface area (Å²) in [4.78, 5) is 23.2. The van der Waals surface area contributed by atoms with Gasteiger partial charge in [0.25, 0.3) is 0 Å². The number of aliphatic hydroxyl groups excluding tert-OH is 1. The van der Waals surface area contributed by atoms with Gasteiger partial charge in [-0.1, -0.05) is 215 Å². The summed E-state index contributed by atoms with van der Waals surface area (Å²) in [5.41, 5.74) is 0. The smallest absolute Gasteiger partial charge is 0.391 e. The first-order valence-electron chi connectivity index (χ1n) is 24.8. The van der Waals surface area contributed by atoms with E-state index in [0.29, 0.717) is 23.9 Å². The van der Waals surface area contributed by atoms with Crippen LogP contribution >= 0.6 is 7.82 Å². The number of phosphoric ester groups is 1. The Morgan fingerprint density at radius 2 is 0.951 bits per heavy atom. The van der Waals surface area contributed by atoms with Crippen LogP contribution in [0.15, 0.2) is 72.9 Å². The summed E-state index contributed by atoms with van der Waals surface area (Å²) in [5, 5.41) is 13.9. The molecular formula is C52H96N2O6P+. The van der Waals surface area contributed by atoms with Gasteiger partial charge in [0.2, 0.25) is 5.91 Å². The number of hydrogen-bond donors (Lipinski definition) is 3. The Balaban J connectivity index is 4.42. The van der Waals surface area contributed by atoms with E-state index in [2.05, 4.69) is 79.9 Å². The fraction of sp³-hybridized carbons (Fsp3) is 0.750. The van der Waals surface area contributed by atoms with E-state index in [1.807, 2.05) is 33.3 Å². The number of likely N-dealkylation sites (N-methyl/N-ethyl adjacent to an activating group) is 1. The predicted octanol–water partition coefficient (Wildman–Crippen LogP) is 14.4. The Morgan fingerprint density at radius 1 is 0.574 bits per heavy atom. The number of phosphoric acid groups is 1. The van der Waals surface area contributed by atoms with E-state index >= 15 is 0 Å². The number of nitrogens with zero attached hydrogens (tertiary/aromatic N) is 1. The summed E-state index contributed by atoms with van der Waals surface area (Å²) in [5.74, 6) is -0.227. The lowest BCUT2D eigenvalue weighted by atomic mass is 10.0. The molecule has 0 fully saturated rings. The third kappa shape index (κ3) is 45.8. The van der Waals surface area contributed by atoms with Gasteiger partial charge in [-0.15, -0.1) is 0 Å². The van der Waals surface area contributed by atoms with E-state index < -0.39 is 20.0 Å². The van der Waals surface area contributed by atoms with Crippen molar-refractivity contribution in [3.8, 4) is 0 Å². The lowest BCUT2D eigenvalue weighted by Crippen LogP contribution is -2.46. The van der Waals surface area contributed by atoms with Crippen LogP contribution in [-0.2, 0) is 18.4 Å². The molecule has 0 radical (unpaired) electrons. The summed E-state index contributed by atoms with van der Waals surface area (Å²) in [6.45, 7) is 4.72. The number of aliphatic hydroxyl groups is 1. The third-order valence-electron chi connectivity index (χ3n) is 10.7. The van der Waals surface area contributed by atoms with Gasteiger partial charge in [-0.25, -0.2) is 4.57 Å². The maximum atomic E-state index is 12.9. The van der Waals surface area contributed by atoms with Gasteiger partial charge in [-0.05, 0) is 51.4 Å². The topological polar surface area (TPSA) is 105 Å². The molecule has 8 nitrogen and oxygen atoms in total. The predicted molar refractivity (Wildman–Crippen MR) is 263 cm³/mol. The lowest BCUT2D eigenvalue weighted by Gasteiger charge is -2.26. The van der Waals surface area contributed by atoms with Gasteiger partial charge in [0.05, 0.1) is 39.9 Å². The average Bonchev–Trinajstić information content (AvgIpc) is 3.21. The number of carbonyl (C=O) groups is 1. The molecule has 1 amide bonds. The number of allylic oxidation sites excluding steroid dienone is 12. The molecule has 9 heteroatoms. The standard InChI is InChI=1S/C52H95N2O6P/c1-6-8-10-12-14-16-18-20-22-24-26-28-29-31-33-35-37-39-41-43-45-51(55)50(49-60-61(57,58)59-48-47-54(3,4)5)53-52(56)46-44-42-40-38-36-34-32-30-27-25-23-21-19-17-15-13-11-9-7-2/h9,11,15,17,21,23,27,30,34,36,40,42,50-51,55H,6-8,10,12-14,16,18-20,22,24-26,28-29,31-33,35,37-39,41,43-49H2,1-5H3,(H-,53,56,57,58)/p+1/b11-9-,17-15-,23-21-,30-27-,36-34-,42-40-. The van der Waals surface area contributed by atoms with Crippen molar-refractivity contribution in [3.05, 3.63) is 72.9 Å². The van der Waals surface area contributed by atoms with E-state index in [-0.39, 0.29) is 25.5 Å². The van der Waals surface area contributed by atoms with Gasteiger partial charge in [0.15, 0.2) is 0 Å². The molecule has 0 aliphatic heterocycles. The zero-order valence-electron chi connectivity index (χ0n) is 40.1. The summed E-state index contributed by atoms with van der Waals surface area (Å²) < 4.78 is 23.7. The summed E-state index contributed by atoms with van der Waals surface area (Å²) in [7, 11) is 1.56. The second kappa shape index (κ2) is 43.2. The van der Waals surface area contributed by atoms with Gasteiger partial charge >= 0.3 is 7.82 Å². The maximum absolute atomic E-state index is 12.9. The van der Waals surface area contributed by atoms with Gasteiger partial charge in [-0.2, -0.15) is 0 Å². The highest BCUT2D eigenvalue weighted by atomic mass is 31.2. The quantitative estimate of drug-likeness (QED) is 0.0244. The molecule has 0 bridgehead atoms. The van der Waals surface area contributed by atoms with Crippen molar-refractivity contribution in [2.75, 3.05) is 40.9 Å². The fourth-order valence-electron chi connectivity index (χ4n) is 6.83. The molecule has 0 aromatic carbocycles. The molecule has 0 rings (SSSR count). The lowest BCUT2D eigenvalue weighted by molar-refractivity contribution is -0.870. The van der Waals surface area contributed by atoms with Crippen molar-refractivity contribution in [3.63, 3.8) is 0 Å². The van der Waals surface area contributed by atoms with E-state index in [0.717, 1.165) is 57.8 Å². The van der Waals surface area contributed by atoms with Gasteiger partial charge in [0.1, 0.15) is 13.2 Å². The first-order chi connectivity index (χ1) is 29.5. The van der Waals surface area contributed by atoms with Crippen molar-refractivity contribution in [2.45, 2.75) is 212 Å². The van der Waals surface area contributed by atoms with E-state index in [1.165, 1.54) is 109 Å². The van der Waals surface area contributed by atoms with Crippen LogP contribution in [0.25, 0.3) is 0 Å². The van der Waals surface area contributed by atoms with E-state index in [9.17, 15) is 19.4 Å². The second-order valence-electron chi connectivity index (χ2n) is 17.8. The van der Waals surface area contributed by atoms with E-state index in [1.54, 1.807) is 0 Å². The normalized spacial score (nSPS) is 14.8. The average molecular weight is 876 g/mol. The van der Waals surface area contributed by atoms with Crippen molar-refractivity contribution in [1.82, 2.24) is 5.32 Å². The Labute approximate surface area is 376 Å². The molecule has 3 N–H and O–H groups in total. The van der Waals surface area contributed by atoms with Gasteiger partial charge < -0.3 is 19.8 Å². The molecule has 0 saturated carbocycles. The Morgan fingerprint density at radius 3 is 1.34 bits per heavy atom. The number of quaternary nitrogens is 1. The number of nitrogens with one attached hydrogen (secondary N) is 1. The SMILES string of the molecule is CC/C=C\C/C=C\C/C=C\C/C=C\C/C=C\C/C=C\CCC(=O)NC(COP(=O)(O)OCC[N+](C)(C)C)C(O)CCCCCCCCCCCCCCCCCCCCCC. The molecule has 3 unspecified atom stereocenters. The van der Waals surface area contributed by atoms with Crippen LogP contribution in [0.2, 0.25) is 0 Å². The molecule has 0 aromatic rings. The van der Waals surface area contributed by atoms with Crippen molar-refractivity contribution < 1.29 is 32.9 Å². The molecular weight excluding hydrogens is 780 g/mol. The van der Waals surface area contributed by atoms with Crippen LogP contribution < -0.4 is 5.32 Å². The molecule has 0 saturated heterocycles. The number of hydrogen-bond acceptors (Lipinski definition) is 5. The largest absolute Gasteiger partial charge is 0.472 e. The van der Waals surface area contributed by atoms with Crippen molar-refractivity contribution in [2.24, 2.45) is 0 Å². The molecule has 354 valence electrons. The maximum Gasteiger partial charge on any atom is 0.472 e. The fourth-order valence-corrected chi connectivity index (χ4v) is 7.57. The van der Waals surface area contributed by atoms with Crippen LogP contribution in [0.4, 0.5) is 0 Å². The highest BCUT2D eigenvalue weighted by Crippen LogP contribution is 2.43. The minimum atomic E-state index is -4.34. The molecule has 0 spiro atoms. The first kappa shape index (κ1) is 58.9. The van der Waals surface area contributed by atoms with Crippen LogP contribution in [0.1, 0.15) is 200 Å².